The summed E-state index contributed by atoms with van der Waals surface area (Å²) in [6, 6.07) is 22.5. The van der Waals surface area contributed by atoms with Crippen LogP contribution < -0.4 is 5.32 Å². The molecule has 0 saturated heterocycles. The zero-order valence-electron chi connectivity index (χ0n) is 13.5. The second-order valence-electron chi connectivity index (χ2n) is 5.75. The van der Waals surface area contributed by atoms with Gasteiger partial charge < -0.3 is 5.32 Å². The highest BCUT2D eigenvalue weighted by atomic mass is 35.5. The van der Waals surface area contributed by atoms with Crippen LogP contribution >= 0.6 is 11.6 Å². The lowest BCUT2D eigenvalue weighted by Crippen LogP contribution is -2.15. The summed E-state index contributed by atoms with van der Waals surface area (Å²) in [4.78, 5) is 12.6. The van der Waals surface area contributed by atoms with Crippen LogP contribution in [-0.2, 0) is 0 Å². The third-order valence-corrected chi connectivity index (χ3v) is 4.19. The molecular formula is C21H17ClFNO. The van der Waals surface area contributed by atoms with Crippen LogP contribution in [0.25, 0.3) is 0 Å². The Morgan fingerprint density at radius 3 is 2.20 bits per heavy atom. The SMILES string of the molecule is O=C(CC(Nc1ccccc1)c1ccc(Cl)cc1)c1ccc(F)cc1. The third-order valence-electron chi connectivity index (χ3n) is 3.94. The third kappa shape index (κ3) is 4.68. The monoisotopic (exact) mass is 353 g/mol. The number of carbonyl (C=O) groups excluding carboxylic acids is 1. The van der Waals surface area contributed by atoms with Crippen molar-refractivity contribution in [2.24, 2.45) is 0 Å². The zero-order valence-corrected chi connectivity index (χ0v) is 14.2. The summed E-state index contributed by atoms with van der Waals surface area (Å²) in [7, 11) is 0. The second-order valence-corrected chi connectivity index (χ2v) is 6.19. The van der Waals surface area contributed by atoms with Gasteiger partial charge in [-0.3, -0.25) is 4.79 Å². The van der Waals surface area contributed by atoms with Crippen molar-refractivity contribution < 1.29 is 9.18 Å². The molecule has 0 amide bonds. The number of hydrogen-bond donors (Lipinski definition) is 1. The first-order valence-electron chi connectivity index (χ1n) is 7.97. The zero-order chi connectivity index (χ0) is 17.6. The normalized spacial score (nSPS) is 11.8. The van der Waals surface area contributed by atoms with E-state index < -0.39 is 0 Å². The van der Waals surface area contributed by atoms with Crippen molar-refractivity contribution in [1.29, 1.82) is 0 Å². The summed E-state index contributed by atoms with van der Waals surface area (Å²) in [6.07, 6.45) is 0.252. The molecule has 0 bridgehead atoms. The van der Waals surface area contributed by atoms with Gasteiger partial charge >= 0.3 is 0 Å². The van der Waals surface area contributed by atoms with E-state index in [1.807, 2.05) is 42.5 Å². The average Bonchev–Trinajstić information content (AvgIpc) is 2.63. The molecule has 0 heterocycles. The van der Waals surface area contributed by atoms with Gasteiger partial charge in [-0.2, -0.15) is 0 Å². The predicted molar refractivity (Wildman–Crippen MR) is 99.6 cm³/mol. The summed E-state index contributed by atoms with van der Waals surface area (Å²) in [5.74, 6) is -0.406. The Labute approximate surface area is 151 Å². The first kappa shape index (κ1) is 17.2. The van der Waals surface area contributed by atoms with Gasteiger partial charge in [0.2, 0.25) is 0 Å². The molecule has 0 spiro atoms. The van der Waals surface area contributed by atoms with Crippen LogP contribution in [-0.4, -0.2) is 5.78 Å². The molecule has 2 nitrogen and oxygen atoms in total. The minimum absolute atomic E-state index is 0.0524. The maximum Gasteiger partial charge on any atom is 0.165 e. The van der Waals surface area contributed by atoms with Crippen molar-refractivity contribution in [3.63, 3.8) is 0 Å². The van der Waals surface area contributed by atoms with Crippen molar-refractivity contribution in [3.8, 4) is 0 Å². The van der Waals surface area contributed by atoms with Crippen LogP contribution in [0.2, 0.25) is 5.02 Å². The summed E-state index contributed by atoms with van der Waals surface area (Å²) in [6.45, 7) is 0. The molecular weight excluding hydrogens is 337 g/mol. The number of carbonyl (C=O) groups is 1. The molecule has 126 valence electrons. The standard InChI is InChI=1S/C21H17ClFNO/c22-17-10-6-15(7-11-17)20(24-19-4-2-1-3-5-19)14-21(25)16-8-12-18(23)13-9-16/h1-13,20,24H,14H2. The molecule has 4 heteroatoms. The van der Waals surface area contributed by atoms with Crippen molar-refractivity contribution in [3.05, 3.63) is 101 Å². The van der Waals surface area contributed by atoms with Crippen LogP contribution in [0.3, 0.4) is 0 Å². The van der Waals surface area contributed by atoms with Crippen LogP contribution in [0.5, 0.6) is 0 Å². The van der Waals surface area contributed by atoms with Crippen LogP contribution in [0.1, 0.15) is 28.4 Å². The minimum Gasteiger partial charge on any atom is -0.378 e. The van der Waals surface area contributed by atoms with Crippen molar-refractivity contribution in [1.82, 2.24) is 0 Å². The molecule has 1 unspecified atom stereocenters. The Hall–Kier alpha value is -2.65. The van der Waals surface area contributed by atoms with Gasteiger partial charge in [-0.25, -0.2) is 4.39 Å². The van der Waals surface area contributed by atoms with Gasteiger partial charge in [0.1, 0.15) is 5.82 Å². The van der Waals surface area contributed by atoms with E-state index in [-0.39, 0.29) is 24.1 Å². The lowest BCUT2D eigenvalue weighted by Gasteiger charge is -2.20. The Bertz CT molecular complexity index is 832. The molecule has 0 aliphatic heterocycles. The minimum atomic E-state index is -0.354. The van der Waals surface area contributed by atoms with E-state index in [0.29, 0.717) is 10.6 Å². The van der Waals surface area contributed by atoms with Gasteiger partial charge in [-0.15, -0.1) is 0 Å². The first-order chi connectivity index (χ1) is 12.1. The second kappa shape index (κ2) is 7.95. The Morgan fingerprint density at radius 1 is 0.920 bits per heavy atom. The summed E-state index contributed by atoms with van der Waals surface area (Å²) < 4.78 is 13.1. The number of anilines is 1. The number of Topliss-reactive ketones (excluding diaryl/α,β-unsaturated/α-hetero) is 1. The molecule has 0 fully saturated rings. The molecule has 0 aliphatic carbocycles. The van der Waals surface area contributed by atoms with Gasteiger partial charge in [0.15, 0.2) is 5.78 Å². The van der Waals surface area contributed by atoms with E-state index in [1.165, 1.54) is 24.3 Å². The van der Waals surface area contributed by atoms with E-state index in [9.17, 15) is 9.18 Å². The molecule has 1 atom stereocenters. The molecule has 0 saturated carbocycles. The van der Waals surface area contributed by atoms with Gasteiger partial charge in [-0.1, -0.05) is 41.9 Å². The van der Waals surface area contributed by atoms with Gasteiger partial charge in [-0.05, 0) is 54.1 Å². The fourth-order valence-electron chi connectivity index (χ4n) is 2.62. The van der Waals surface area contributed by atoms with Gasteiger partial charge in [0.05, 0.1) is 6.04 Å². The lowest BCUT2D eigenvalue weighted by molar-refractivity contribution is 0.0976. The molecule has 3 aromatic rings. The predicted octanol–water partition coefficient (Wildman–Crippen LogP) is 5.91. The Balaban J connectivity index is 1.83. The molecule has 0 aliphatic rings. The fourth-order valence-corrected chi connectivity index (χ4v) is 2.75. The van der Waals surface area contributed by atoms with Gasteiger partial charge in [0, 0.05) is 22.7 Å². The Morgan fingerprint density at radius 2 is 1.56 bits per heavy atom. The number of rotatable bonds is 6. The van der Waals surface area contributed by atoms with Crippen LogP contribution in [0.4, 0.5) is 10.1 Å². The maximum atomic E-state index is 13.1. The molecule has 0 radical (unpaired) electrons. The number of nitrogens with one attached hydrogen (secondary N) is 1. The molecule has 0 aromatic heterocycles. The lowest BCUT2D eigenvalue weighted by atomic mass is 9.97. The van der Waals surface area contributed by atoms with E-state index in [2.05, 4.69) is 5.32 Å². The fraction of sp³-hybridized carbons (Fsp3) is 0.0952. The van der Waals surface area contributed by atoms with Crippen LogP contribution in [0, 0.1) is 5.82 Å². The largest absolute Gasteiger partial charge is 0.378 e. The van der Waals surface area contributed by atoms with Crippen molar-refractivity contribution >= 4 is 23.1 Å². The number of halogens is 2. The smallest absolute Gasteiger partial charge is 0.165 e. The quantitative estimate of drug-likeness (QED) is 0.558. The molecule has 3 aromatic carbocycles. The average molecular weight is 354 g/mol. The van der Waals surface area contributed by atoms with E-state index in [0.717, 1.165) is 11.3 Å². The van der Waals surface area contributed by atoms with E-state index in [4.69, 9.17) is 11.6 Å². The van der Waals surface area contributed by atoms with E-state index >= 15 is 0 Å². The topological polar surface area (TPSA) is 29.1 Å². The van der Waals surface area contributed by atoms with E-state index in [1.54, 1.807) is 12.1 Å². The Kier molecular flexibility index (Phi) is 5.46. The number of para-hydroxylation sites is 1. The highest BCUT2D eigenvalue weighted by Crippen LogP contribution is 2.25. The van der Waals surface area contributed by atoms with Crippen LogP contribution in [0.15, 0.2) is 78.9 Å². The number of hydrogen-bond acceptors (Lipinski definition) is 2. The first-order valence-corrected chi connectivity index (χ1v) is 8.35. The van der Waals surface area contributed by atoms with Crippen molar-refractivity contribution in [2.75, 3.05) is 5.32 Å². The number of ketones is 1. The summed E-state index contributed by atoms with van der Waals surface area (Å²) >= 11 is 5.97. The molecule has 1 N–H and O–H groups in total. The summed E-state index contributed by atoms with van der Waals surface area (Å²) in [5.41, 5.74) is 2.38. The van der Waals surface area contributed by atoms with Gasteiger partial charge in [0.25, 0.3) is 0 Å². The number of benzene rings is 3. The highest BCUT2D eigenvalue weighted by molar-refractivity contribution is 6.30. The van der Waals surface area contributed by atoms with Crippen molar-refractivity contribution in [2.45, 2.75) is 12.5 Å². The molecule has 25 heavy (non-hydrogen) atoms. The molecule has 3 rings (SSSR count). The maximum absolute atomic E-state index is 13.1. The highest BCUT2D eigenvalue weighted by Gasteiger charge is 2.17. The summed E-state index contributed by atoms with van der Waals surface area (Å²) in [5, 5.41) is 4.03.